The fraction of sp³-hybridized carbons (Fsp3) is 0.368. The van der Waals surface area contributed by atoms with Gasteiger partial charge >= 0.3 is 0 Å². The van der Waals surface area contributed by atoms with Gasteiger partial charge in [-0.3, -0.25) is 9.48 Å². The van der Waals surface area contributed by atoms with Gasteiger partial charge in [-0.05, 0) is 46.0 Å². The molecule has 128 valence electrons. The second kappa shape index (κ2) is 8.29. The van der Waals surface area contributed by atoms with Crippen LogP contribution in [-0.2, 0) is 17.9 Å². The molecule has 2 aromatic rings. The minimum Gasteiger partial charge on any atom is -0.336 e. The second-order valence-electron chi connectivity index (χ2n) is 6.13. The van der Waals surface area contributed by atoms with Gasteiger partial charge in [-0.2, -0.15) is 5.10 Å². The number of carbonyl (C=O) groups is 1. The Kier molecular flexibility index (Phi) is 6.37. The van der Waals surface area contributed by atoms with Crippen LogP contribution in [-0.4, -0.2) is 27.6 Å². The zero-order chi connectivity index (χ0) is 17.7. The molecule has 0 aliphatic carbocycles. The number of benzene rings is 1. The van der Waals surface area contributed by atoms with Crippen LogP contribution in [0.2, 0.25) is 0 Å². The lowest BCUT2D eigenvalue weighted by Gasteiger charge is -2.13. The summed E-state index contributed by atoms with van der Waals surface area (Å²) in [6.07, 6.45) is 5.39. The van der Waals surface area contributed by atoms with Crippen molar-refractivity contribution in [3.63, 3.8) is 0 Å². The summed E-state index contributed by atoms with van der Waals surface area (Å²) in [5, 5.41) is 4.45. The molecule has 0 atom stereocenters. The summed E-state index contributed by atoms with van der Waals surface area (Å²) in [5.74, 6) is 0.470. The van der Waals surface area contributed by atoms with Crippen molar-refractivity contribution in [1.29, 1.82) is 0 Å². The molecule has 0 radical (unpaired) electrons. The van der Waals surface area contributed by atoms with Crippen molar-refractivity contribution in [3.05, 3.63) is 57.8 Å². The molecule has 4 nitrogen and oxygen atoms in total. The predicted octanol–water partition coefficient (Wildman–Crippen LogP) is 4.46. The lowest BCUT2D eigenvalue weighted by atomic mass is 10.0. The molecule has 0 aliphatic heterocycles. The lowest BCUT2D eigenvalue weighted by molar-refractivity contribution is -0.125. The third-order valence-electron chi connectivity index (χ3n) is 3.90. The van der Waals surface area contributed by atoms with Gasteiger partial charge in [0.15, 0.2) is 0 Å². The number of amides is 1. The molecule has 1 heterocycles. The fourth-order valence-corrected chi connectivity index (χ4v) is 2.74. The highest BCUT2D eigenvalue weighted by atomic mass is 79.9. The maximum Gasteiger partial charge on any atom is 0.246 e. The molecule has 0 aliphatic rings. The van der Waals surface area contributed by atoms with Gasteiger partial charge in [0.2, 0.25) is 5.91 Å². The Morgan fingerprint density at radius 1 is 1.33 bits per heavy atom. The normalized spacial score (nSPS) is 11.4. The van der Waals surface area contributed by atoms with Crippen molar-refractivity contribution in [1.82, 2.24) is 14.7 Å². The number of aryl methyl sites for hydroxylation is 1. The molecule has 0 bridgehead atoms. The minimum absolute atomic E-state index is 0.0408. The molecule has 24 heavy (non-hydrogen) atoms. The standard InChI is InChI=1S/C19H24BrN3O/c1-5-23-12-17(20)18(21-23)13-22(4)19(24)11-8-15-6-9-16(10-7-15)14(2)3/h6-12,14H,5,13H2,1-4H3/b11-8+. The van der Waals surface area contributed by atoms with E-state index < -0.39 is 0 Å². The van der Waals surface area contributed by atoms with Gasteiger partial charge in [-0.25, -0.2) is 0 Å². The molecule has 1 aromatic carbocycles. The number of hydrogen-bond donors (Lipinski definition) is 0. The summed E-state index contributed by atoms with van der Waals surface area (Å²) in [4.78, 5) is 13.9. The molecule has 0 saturated heterocycles. The van der Waals surface area contributed by atoms with Crippen LogP contribution in [0.1, 0.15) is 43.5 Å². The number of likely N-dealkylation sites (N-methyl/N-ethyl adjacent to an activating group) is 1. The Balaban J connectivity index is 1.98. The van der Waals surface area contributed by atoms with Crippen molar-refractivity contribution >= 4 is 27.9 Å². The molecule has 0 unspecified atom stereocenters. The zero-order valence-corrected chi connectivity index (χ0v) is 16.2. The van der Waals surface area contributed by atoms with Crippen molar-refractivity contribution < 1.29 is 4.79 Å². The van der Waals surface area contributed by atoms with Crippen LogP contribution in [0.15, 0.2) is 41.0 Å². The highest BCUT2D eigenvalue weighted by Gasteiger charge is 2.11. The van der Waals surface area contributed by atoms with Crippen LogP contribution >= 0.6 is 15.9 Å². The number of halogens is 1. The fourth-order valence-electron chi connectivity index (χ4n) is 2.30. The topological polar surface area (TPSA) is 38.1 Å². The van der Waals surface area contributed by atoms with E-state index >= 15 is 0 Å². The molecule has 0 saturated carbocycles. The summed E-state index contributed by atoms with van der Waals surface area (Å²) in [6.45, 7) is 7.65. The lowest BCUT2D eigenvalue weighted by Crippen LogP contribution is -2.24. The molecule has 5 heteroatoms. The van der Waals surface area contributed by atoms with Crippen LogP contribution in [0.3, 0.4) is 0 Å². The Labute approximate surface area is 152 Å². The van der Waals surface area contributed by atoms with E-state index in [0.717, 1.165) is 22.3 Å². The SMILES string of the molecule is CCn1cc(Br)c(CN(C)C(=O)/C=C/c2ccc(C(C)C)cc2)n1. The van der Waals surface area contributed by atoms with Gasteiger partial charge in [0.1, 0.15) is 0 Å². The van der Waals surface area contributed by atoms with Crippen molar-refractivity contribution in [3.8, 4) is 0 Å². The van der Waals surface area contributed by atoms with Gasteiger partial charge in [0.05, 0.1) is 16.7 Å². The first kappa shape index (κ1) is 18.5. The van der Waals surface area contributed by atoms with Gasteiger partial charge < -0.3 is 4.90 Å². The van der Waals surface area contributed by atoms with E-state index in [2.05, 4.69) is 47.0 Å². The molecule has 1 amide bonds. The first-order valence-electron chi connectivity index (χ1n) is 8.15. The van der Waals surface area contributed by atoms with Crippen LogP contribution in [0.5, 0.6) is 0 Å². The summed E-state index contributed by atoms with van der Waals surface area (Å²) in [7, 11) is 1.78. The van der Waals surface area contributed by atoms with E-state index in [1.807, 2.05) is 36.0 Å². The average Bonchev–Trinajstić information content (AvgIpc) is 2.92. The molecule has 1 aromatic heterocycles. The molecule has 0 spiro atoms. The van der Waals surface area contributed by atoms with Gasteiger partial charge in [-0.15, -0.1) is 0 Å². The van der Waals surface area contributed by atoms with Crippen LogP contribution < -0.4 is 0 Å². The summed E-state index contributed by atoms with van der Waals surface area (Å²) in [5.41, 5.74) is 3.19. The molecular weight excluding hydrogens is 366 g/mol. The Morgan fingerprint density at radius 3 is 2.54 bits per heavy atom. The Morgan fingerprint density at radius 2 is 2.00 bits per heavy atom. The largest absolute Gasteiger partial charge is 0.336 e. The van der Waals surface area contributed by atoms with Gasteiger partial charge in [0.25, 0.3) is 0 Å². The van der Waals surface area contributed by atoms with Crippen LogP contribution in [0.25, 0.3) is 6.08 Å². The average molecular weight is 390 g/mol. The molecular formula is C19H24BrN3O. The highest BCUT2D eigenvalue weighted by molar-refractivity contribution is 9.10. The summed E-state index contributed by atoms with van der Waals surface area (Å²) >= 11 is 3.49. The highest BCUT2D eigenvalue weighted by Crippen LogP contribution is 2.17. The molecule has 0 N–H and O–H groups in total. The van der Waals surface area contributed by atoms with E-state index in [1.165, 1.54) is 5.56 Å². The molecule has 0 fully saturated rings. The maximum atomic E-state index is 12.3. The maximum absolute atomic E-state index is 12.3. The number of aromatic nitrogens is 2. The van der Waals surface area contributed by atoms with E-state index in [1.54, 1.807) is 18.0 Å². The van der Waals surface area contributed by atoms with Crippen molar-refractivity contribution in [2.24, 2.45) is 0 Å². The number of carbonyl (C=O) groups excluding carboxylic acids is 1. The predicted molar refractivity (Wildman–Crippen MR) is 102 cm³/mol. The van der Waals surface area contributed by atoms with Crippen molar-refractivity contribution in [2.75, 3.05) is 7.05 Å². The second-order valence-corrected chi connectivity index (χ2v) is 6.98. The first-order chi connectivity index (χ1) is 11.4. The number of hydrogen-bond acceptors (Lipinski definition) is 2. The number of nitrogens with zero attached hydrogens (tertiary/aromatic N) is 3. The zero-order valence-electron chi connectivity index (χ0n) is 14.7. The first-order valence-corrected chi connectivity index (χ1v) is 8.95. The van der Waals surface area contributed by atoms with E-state index in [0.29, 0.717) is 12.5 Å². The smallest absolute Gasteiger partial charge is 0.246 e. The van der Waals surface area contributed by atoms with Crippen LogP contribution in [0, 0.1) is 0 Å². The third kappa shape index (κ3) is 4.81. The van der Waals surface area contributed by atoms with E-state index in [9.17, 15) is 4.79 Å². The summed E-state index contributed by atoms with van der Waals surface area (Å²) in [6, 6.07) is 8.29. The quantitative estimate of drug-likeness (QED) is 0.683. The monoisotopic (exact) mass is 389 g/mol. The third-order valence-corrected chi connectivity index (χ3v) is 4.56. The van der Waals surface area contributed by atoms with Crippen LogP contribution in [0.4, 0.5) is 0 Å². The Bertz CT molecular complexity index is 717. The molecule has 2 rings (SSSR count). The van der Waals surface area contributed by atoms with E-state index in [-0.39, 0.29) is 5.91 Å². The van der Waals surface area contributed by atoms with Gasteiger partial charge in [0, 0.05) is 25.9 Å². The number of rotatable bonds is 6. The van der Waals surface area contributed by atoms with Crippen molar-refractivity contribution in [2.45, 2.75) is 39.8 Å². The Hall–Kier alpha value is -1.88. The van der Waals surface area contributed by atoms with Gasteiger partial charge in [-0.1, -0.05) is 38.1 Å². The minimum atomic E-state index is -0.0408. The summed E-state index contributed by atoms with van der Waals surface area (Å²) < 4.78 is 2.78. The van der Waals surface area contributed by atoms with E-state index in [4.69, 9.17) is 0 Å².